The quantitative estimate of drug-likeness (QED) is 0.121. The lowest BCUT2D eigenvalue weighted by Gasteiger charge is -2.20. The zero-order valence-electron chi connectivity index (χ0n) is 30.3. The SMILES string of the molecule is O=P(c1ccccc1)(c1ccccc1)c1ccc(-c2ccc(-c3nc4ccccc4c4c3ccc3nc(-c5ccccc5)c(-c5ccccc5)nc34)cc2)cc1. The maximum Gasteiger partial charge on any atom is 0.171 e. The Hall–Kier alpha value is -7.00. The maximum absolute atomic E-state index is 14.9. The zero-order valence-corrected chi connectivity index (χ0v) is 31.2. The minimum absolute atomic E-state index is 0.809. The standard InChI is InChI=1S/C51H34N3OP/c55-56(40-19-9-3-10-20-40,41-21-11-4-12-22-41)42-31-29-36(30-32-42)35-25-27-39(28-26-35)48-44-33-34-46-51(47(44)43-23-13-14-24-45(43)52-48)54-50(38-17-7-2-8-18-38)49(53-46)37-15-5-1-6-16-37/h1-34H. The van der Waals surface area contributed by atoms with Crippen LogP contribution in [0.2, 0.25) is 0 Å². The van der Waals surface area contributed by atoms with E-state index in [9.17, 15) is 4.57 Å². The molecule has 4 nitrogen and oxygen atoms in total. The number of nitrogens with zero attached hydrogens (tertiary/aromatic N) is 3. The minimum atomic E-state index is -3.05. The molecular weight excluding hydrogens is 702 g/mol. The van der Waals surface area contributed by atoms with E-state index in [0.29, 0.717) is 0 Å². The van der Waals surface area contributed by atoms with Crippen molar-refractivity contribution in [3.05, 3.63) is 206 Å². The zero-order chi connectivity index (χ0) is 37.5. The predicted octanol–water partition coefficient (Wildman–Crippen LogP) is 11.6. The number of fused-ring (bicyclic) bond motifs is 5. The van der Waals surface area contributed by atoms with Crippen molar-refractivity contribution in [2.24, 2.45) is 0 Å². The molecule has 264 valence electrons. The molecule has 0 amide bonds. The Balaban J connectivity index is 1.08. The van der Waals surface area contributed by atoms with E-state index in [1.165, 1.54) is 0 Å². The molecule has 8 aromatic carbocycles. The summed E-state index contributed by atoms with van der Waals surface area (Å²) < 4.78 is 14.9. The molecule has 10 aromatic rings. The van der Waals surface area contributed by atoms with Crippen molar-refractivity contribution in [2.75, 3.05) is 0 Å². The third-order valence-electron chi connectivity index (χ3n) is 10.6. The third kappa shape index (κ3) is 5.80. The fourth-order valence-electron chi connectivity index (χ4n) is 7.78. The van der Waals surface area contributed by atoms with Crippen LogP contribution in [0.25, 0.3) is 77.6 Å². The van der Waals surface area contributed by atoms with Crippen LogP contribution >= 0.6 is 7.14 Å². The van der Waals surface area contributed by atoms with Crippen molar-refractivity contribution in [3.63, 3.8) is 0 Å². The highest BCUT2D eigenvalue weighted by molar-refractivity contribution is 7.85. The van der Waals surface area contributed by atoms with Crippen LogP contribution in [0.4, 0.5) is 0 Å². The van der Waals surface area contributed by atoms with Gasteiger partial charge in [0, 0.05) is 48.8 Å². The normalized spacial score (nSPS) is 11.6. The van der Waals surface area contributed by atoms with Crippen molar-refractivity contribution in [3.8, 4) is 44.9 Å². The fraction of sp³-hybridized carbons (Fsp3) is 0. The number of rotatable bonds is 7. The topological polar surface area (TPSA) is 55.7 Å². The van der Waals surface area contributed by atoms with Gasteiger partial charge in [-0.15, -0.1) is 0 Å². The van der Waals surface area contributed by atoms with Crippen molar-refractivity contribution < 1.29 is 4.57 Å². The Kier molecular flexibility index (Phi) is 8.40. The third-order valence-corrected chi connectivity index (χ3v) is 13.6. The summed E-state index contributed by atoms with van der Waals surface area (Å²) >= 11 is 0. The molecule has 5 heteroatoms. The molecule has 0 saturated carbocycles. The molecule has 0 spiro atoms. The smallest absolute Gasteiger partial charge is 0.171 e. The monoisotopic (exact) mass is 735 g/mol. The lowest BCUT2D eigenvalue weighted by atomic mass is 9.96. The van der Waals surface area contributed by atoms with Crippen LogP contribution in [0.1, 0.15) is 0 Å². The van der Waals surface area contributed by atoms with Gasteiger partial charge in [-0.25, -0.2) is 15.0 Å². The van der Waals surface area contributed by atoms with E-state index in [-0.39, 0.29) is 0 Å². The number of hydrogen-bond donors (Lipinski definition) is 0. The summed E-state index contributed by atoms with van der Waals surface area (Å²) in [6, 6.07) is 69.4. The van der Waals surface area contributed by atoms with E-state index in [1.54, 1.807) is 0 Å². The summed E-state index contributed by atoms with van der Waals surface area (Å²) in [5.74, 6) is 0. The fourth-order valence-corrected chi connectivity index (χ4v) is 10.4. The molecule has 0 aliphatic rings. The Morgan fingerprint density at radius 2 is 0.732 bits per heavy atom. The molecule has 0 aliphatic carbocycles. The van der Waals surface area contributed by atoms with Crippen LogP contribution in [0.15, 0.2) is 206 Å². The molecule has 0 radical (unpaired) electrons. The highest BCUT2D eigenvalue weighted by Gasteiger charge is 2.29. The number of aromatic nitrogens is 3. The van der Waals surface area contributed by atoms with Crippen LogP contribution in [0.5, 0.6) is 0 Å². The first kappa shape index (κ1) is 33.6. The number of benzene rings is 8. The van der Waals surface area contributed by atoms with Gasteiger partial charge in [-0.05, 0) is 29.3 Å². The van der Waals surface area contributed by atoms with E-state index in [0.717, 1.165) is 93.5 Å². The van der Waals surface area contributed by atoms with Crippen LogP contribution in [-0.4, -0.2) is 15.0 Å². The molecule has 0 saturated heterocycles. The van der Waals surface area contributed by atoms with Gasteiger partial charge in [0.15, 0.2) is 7.14 Å². The largest absolute Gasteiger partial charge is 0.309 e. The summed E-state index contributed by atoms with van der Waals surface area (Å²) in [6.07, 6.45) is 0. The molecule has 0 N–H and O–H groups in total. The second-order valence-electron chi connectivity index (χ2n) is 13.9. The Labute approximate surface area is 325 Å². The van der Waals surface area contributed by atoms with Crippen molar-refractivity contribution in [1.82, 2.24) is 15.0 Å². The van der Waals surface area contributed by atoms with Crippen LogP contribution in [0.3, 0.4) is 0 Å². The lowest BCUT2D eigenvalue weighted by Crippen LogP contribution is -2.24. The molecule has 2 heterocycles. The summed E-state index contributed by atoms with van der Waals surface area (Å²) in [4.78, 5) is 16.0. The summed E-state index contributed by atoms with van der Waals surface area (Å²) in [7, 11) is -3.05. The first-order valence-electron chi connectivity index (χ1n) is 18.7. The number of pyridine rings is 1. The Morgan fingerprint density at radius 1 is 0.304 bits per heavy atom. The second kappa shape index (κ2) is 14.0. The Bertz CT molecular complexity index is 3020. The van der Waals surface area contributed by atoms with E-state index >= 15 is 0 Å². The molecule has 2 aromatic heterocycles. The van der Waals surface area contributed by atoms with Gasteiger partial charge in [0.25, 0.3) is 0 Å². The molecule has 0 aliphatic heterocycles. The highest BCUT2D eigenvalue weighted by atomic mass is 31.2. The predicted molar refractivity (Wildman–Crippen MR) is 233 cm³/mol. The van der Waals surface area contributed by atoms with Crippen molar-refractivity contribution in [1.29, 1.82) is 0 Å². The van der Waals surface area contributed by atoms with Crippen molar-refractivity contribution >= 4 is 55.8 Å². The van der Waals surface area contributed by atoms with Crippen LogP contribution in [0, 0.1) is 0 Å². The van der Waals surface area contributed by atoms with E-state index in [2.05, 4.69) is 91.0 Å². The van der Waals surface area contributed by atoms with Gasteiger partial charge >= 0.3 is 0 Å². The average molecular weight is 736 g/mol. The van der Waals surface area contributed by atoms with Crippen LogP contribution < -0.4 is 15.9 Å². The van der Waals surface area contributed by atoms with E-state index < -0.39 is 7.14 Å². The minimum Gasteiger partial charge on any atom is -0.309 e. The van der Waals surface area contributed by atoms with Gasteiger partial charge in [-0.2, -0.15) is 0 Å². The molecule has 0 fully saturated rings. The summed E-state index contributed by atoms with van der Waals surface area (Å²) in [5, 5.41) is 5.55. The maximum atomic E-state index is 14.9. The van der Waals surface area contributed by atoms with Gasteiger partial charge < -0.3 is 4.57 Å². The molecule has 10 rings (SSSR count). The van der Waals surface area contributed by atoms with Crippen molar-refractivity contribution in [2.45, 2.75) is 0 Å². The van der Waals surface area contributed by atoms with Gasteiger partial charge in [-0.1, -0.05) is 188 Å². The number of para-hydroxylation sites is 1. The summed E-state index contributed by atoms with van der Waals surface area (Å²) in [6.45, 7) is 0. The summed E-state index contributed by atoms with van der Waals surface area (Å²) in [5.41, 5.74) is 10.3. The molecular formula is C51H34N3OP. The molecule has 56 heavy (non-hydrogen) atoms. The first-order chi connectivity index (χ1) is 27.6. The van der Waals surface area contributed by atoms with Gasteiger partial charge in [0.05, 0.1) is 33.6 Å². The first-order valence-corrected chi connectivity index (χ1v) is 20.4. The van der Waals surface area contributed by atoms with E-state index in [4.69, 9.17) is 15.0 Å². The second-order valence-corrected chi connectivity index (χ2v) is 16.7. The average Bonchev–Trinajstić information content (AvgIpc) is 3.29. The van der Waals surface area contributed by atoms with Gasteiger partial charge in [0.1, 0.15) is 0 Å². The molecule has 0 atom stereocenters. The number of hydrogen-bond acceptors (Lipinski definition) is 4. The molecule has 0 bridgehead atoms. The lowest BCUT2D eigenvalue weighted by molar-refractivity contribution is 0.592. The van der Waals surface area contributed by atoms with Gasteiger partial charge in [0.2, 0.25) is 0 Å². The molecule has 0 unspecified atom stereocenters. The van der Waals surface area contributed by atoms with Crippen LogP contribution in [-0.2, 0) is 4.57 Å². The van der Waals surface area contributed by atoms with Gasteiger partial charge in [-0.3, -0.25) is 0 Å². The highest BCUT2D eigenvalue weighted by Crippen LogP contribution is 2.43. The Morgan fingerprint density at radius 3 is 1.32 bits per heavy atom. The van der Waals surface area contributed by atoms with E-state index in [1.807, 2.05) is 115 Å².